The Hall–Kier alpha value is -0.570. The fourth-order valence-corrected chi connectivity index (χ4v) is 1.81. The molecule has 0 fully saturated rings. The molecule has 0 bridgehead atoms. The Morgan fingerprint density at radius 1 is 1.43 bits per heavy atom. The smallest absolute Gasteiger partial charge is 0.0919 e. The van der Waals surface area contributed by atoms with E-state index in [4.69, 9.17) is 11.6 Å². The summed E-state index contributed by atoms with van der Waals surface area (Å²) in [4.78, 5) is 0. The van der Waals surface area contributed by atoms with Crippen LogP contribution in [0.5, 0.6) is 0 Å². The molecule has 2 nitrogen and oxygen atoms in total. The number of hydrogen-bond acceptors (Lipinski definition) is 2. The van der Waals surface area contributed by atoms with Gasteiger partial charge in [-0.05, 0) is 43.7 Å². The molecule has 0 aliphatic carbocycles. The Balaban J connectivity index is 3.11. The second-order valence-electron chi connectivity index (χ2n) is 3.48. The molecule has 0 aromatic heterocycles. The second-order valence-corrected chi connectivity index (χ2v) is 3.88. The van der Waals surface area contributed by atoms with Crippen molar-refractivity contribution in [3.8, 4) is 0 Å². The van der Waals surface area contributed by atoms with Gasteiger partial charge in [0.25, 0.3) is 0 Å². The van der Waals surface area contributed by atoms with Crippen molar-refractivity contribution in [1.82, 2.24) is 5.32 Å². The van der Waals surface area contributed by atoms with E-state index in [-0.39, 0.29) is 0 Å². The number of hydrogen-bond donors (Lipinski definition) is 2. The van der Waals surface area contributed by atoms with Crippen molar-refractivity contribution < 1.29 is 5.11 Å². The number of aliphatic hydroxyl groups is 1. The summed E-state index contributed by atoms with van der Waals surface area (Å²) < 4.78 is 0. The summed E-state index contributed by atoms with van der Waals surface area (Å²) in [6.45, 7) is 4.46. The highest BCUT2D eigenvalue weighted by atomic mass is 35.5. The van der Waals surface area contributed by atoms with Gasteiger partial charge in [0.15, 0.2) is 0 Å². The van der Waals surface area contributed by atoms with Gasteiger partial charge in [-0.1, -0.05) is 17.7 Å². The number of aliphatic hydroxyl groups excluding tert-OH is 1. The topological polar surface area (TPSA) is 32.3 Å². The van der Waals surface area contributed by atoms with Crippen LogP contribution in [0.4, 0.5) is 0 Å². The predicted octanol–water partition coefficient (Wildman–Crippen LogP) is 2.21. The molecule has 2 N–H and O–H groups in total. The average molecular weight is 214 g/mol. The van der Waals surface area contributed by atoms with E-state index in [9.17, 15) is 5.11 Å². The number of nitrogens with one attached hydrogen (secondary N) is 1. The molecule has 0 saturated carbocycles. The van der Waals surface area contributed by atoms with Crippen molar-refractivity contribution in [3.05, 3.63) is 33.8 Å². The molecule has 1 atom stereocenters. The maximum atomic E-state index is 9.89. The van der Waals surface area contributed by atoms with Gasteiger partial charge in [0.2, 0.25) is 0 Å². The standard InChI is InChI=1S/C11H16ClNO/c1-7-4-5-9(12)8(2)11(7)10(14)6-13-3/h4-5,10,13-14H,6H2,1-3H3. The molecule has 14 heavy (non-hydrogen) atoms. The zero-order valence-electron chi connectivity index (χ0n) is 8.76. The van der Waals surface area contributed by atoms with Crippen LogP contribution in [0.15, 0.2) is 12.1 Å². The molecule has 0 aliphatic heterocycles. The zero-order chi connectivity index (χ0) is 10.7. The van der Waals surface area contributed by atoms with E-state index in [0.29, 0.717) is 11.6 Å². The SMILES string of the molecule is CNCC(O)c1c(C)ccc(Cl)c1C. The minimum absolute atomic E-state index is 0.487. The summed E-state index contributed by atoms with van der Waals surface area (Å²) in [5.74, 6) is 0. The number of halogens is 1. The van der Waals surface area contributed by atoms with Crippen molar-refractivity contribution in [2.75, 3.05) is 13.6 Å². The highest BCUT2D eigenvalue weighted by Gasteiger charge is 2.13. The largest absolute Gasteiger partial charge is 0.387 e. The Morgan fingerprint density at radius 3 is 2.64 bits per heavy atom. The summed E-state index contributed by atoms with van der Waals surface area (Å²) in [6, 6.07) is 3.80. The maximum absolute atomic E-state index is 9.89. The fraction of sp³-hybridized carbons (Fsp3) is 0.455. The molecule has 0 amide bonds. The highest BCUT2D eigenvalue weighted by molar-refractivity contribution is 6.31. The average Bonchev–Trinajstić information content (AvgIpc) is 2.13. The van der Waals surface area contributed by atoms with Gasteiger partial charge in [0, 0.05) is 11.6 Å². The molecule has 1 unspecified atom stereocenters. The van der Waals surface area contributed by atoms with E-state index in [0.717, 1.165) is 16.7 Å². The van der Waals surface area contributed by atoms with Crippen LogP contribution in [-0.2, 0) is 0 Å². The third-order valence-electron chi connectivity index (χ3n) is 2.40. The fourth-order valence-electron chi connectivity index (χ4n) is 1.65. The normalized spacial score (nSPS) is 12.9. The molecule has 0 spiro atoms. The molecule has 0 saturated heterocycles. The summed E-state index contributed by atoms with van der Waals surface area (Å²) in [5, 5.41) is 13.5. The lowest BCUT2D eigenvalue weighted by Gasteiger charge is -2.17. The van der Waals surface area contributed by atoms with Gasteiger partial charge >= 0.3 is 0 Å². The van der Waals surface area contributed by atoms with E-state index in [1.165, 1.54) is 0 Å². The Morgan fingerprint density at radius 2 is 2.07 bits per heavy atom. The molecule has 3 heteroatoms. The molecule has 78 valence electrons. The first-order chi connectivity index (χ1) is 6.57. The van der Waals surface area contributed by atoms with Crippen molar-refractivity contribution in [2.24, 2.45) is 0 Å². The number of benzene rings is 1. The molecule has 1 rings (SSSR count). The van der Waals surface area contributed by atoms with Gasteiger partial charge in [-0.3, -0.25) is 0 Å². The molecule has 1 aromatic carbocycles. The monoisotopic (exact) mass is 213 g/mol. The Labute approximate surface area is 89.9 Å². The van der Waals surface area contributed by atoms with E-state index in [2.05, 4.69) is 5.32 Å². The van der Waals surface area contributed by atoms with Crippen LogP contribution in [0.3, 0.4) is 0 Å². The van der Waals surface area contributed by atoms with Crippen LogP contribution < -0.4 is 5.32 Å². The molecule has 0 heterocycles. The van der Waals surface area contributed by atoms with Gasteiger partial charge in [-0.15, -0.1) is 0 Å². The minimum Gasteiger partial charge on any atom is -0.387 e. The van der Waals surface area contributed by atoms with E-state index in [1.807, 2.05) is 33.0 Å². The number of aryl methyl sites for hydroxylation is 1. The third kappa shape index (κ3) is 2.27. The van der Waals surface area contributed by atoms with E-state index >= 15 is 0 Å². The van der Waals surface area contributed by atoms with E-state index < -0.39 is 6.10 Å². The molecule has 0 aliphatic rings. The van der Waals surface area contributed by atoms with E-state index in [1.54, 1.807) is 0 Å². The maximum Gasteiger partial charge on any atom is 0.0919 e. The number of rotatable bonds is 3. The Kier molecular flexibility index (Phi) is 3.93. The van der Waals surface area contributed by atoms with Crippen LogP contribution in [0.2, 0.25) is 5.02 Å². The van der Waals surface area contributed by atoms with Crippen molar-refractivity contribution in [1.29, 1.82) is 0 Å². The van der Waals surface area contributed by atoms with Gasteiger partial charge in [0.05, 0.1) is 6.10 Å². The second kappa shape index (κ2) is 4.78. The lowest BCUT2D eigenvalue weighted by molar-refractivity contribution is 0.176. The summed E-state index contributed by atoms with van der Waals surface area (Å²) in [6.07, 6.45) is -0.487. The van der Waals surface area contributed by atoms with Gasteiger partial charge in [0.1, 0.15) is 0 Å². The molecular weight excluding hydrogens is 198 g/mol. The van der Waals surface area contributed by atoms with Crippen molar-refractivity contribution in [2.45, 2.75) is 20.0 Å². The van der Waals surface area contributed by atoms with Gasteiger partial charge in [-0.25, -0.2) is 0 Å². The van der Waals surface area contributed by atoms with Crippen LogP contribution in [-0.4, -0.2) is 18.7 Å². The first kappa shape index (κ1) is 11.5. The number of likely N-dealkylation sites (N-methyl/N-ethyl adjacent to an activating group) is 1. The van der Waals surface area contributed by atoms with Crippen molar-refractivity contribution in [3.63, 3.8) is 0 Å². The summed E-state index contributed by atoms with van der Waals surface area (Å²) >= 11 is 6.00. The van der Waals surface area contributed by atoms with Gasteiger partial charge < -0.3 is 10.4 Å². The van der Waals surface area contributed by atoms with Crippen LogP contribution in [0.1, 0.15) is 22.8 Å². The minimum atomic E-state index is -0.487. The molecule has 0 radical (unpaired) electrons. The summed E-state index contributed by atoms with van der Waals surface area (Å²) in [7, 11) is 1.82. The highest BCUT2D eigenvalue weighted by Crippen LogP contribution is 2.27. The Bertz CT molecular complexity index is 325. The summed E-state index contributed by atoms with van der Waals surface area (Å²) in [5.41, 5.74) is 2.98. The first-order valence-corrected chi connectivity index (χ1v) is 5.04. The van der Waals surface area contributed by atoms with Crippen LogP contribution >= 0.6 is 11.6 Å². The lowest BCUT2D eigenvalue weighted by Crippen LogP contribution is -2.18. The van der Waals surface area contributed by atoms with Gasteiger partial charge in [-0.2, -0.15) is 0 Å². The third-order valence-corrected chi connectivity index (χ3v) is 2.81. The quantitative estimate of drug-likeness (QED) is 0.807. The zero-order valence-corrected chi connectivity index (χ0v) is 9.52. The predicted molar refractivity (Wildman–Crippen MR) is 59.8 cm³/mol. The van der Waals surface area contributed by atoms with Crippen LogP contribution in [0.25, 0.3) is 0 Å². The lowest BCUT2D eigenvalue weighted by atomic mass is 9.98. The van der Waals surface area contributed by atoms with Crippen molar-refractivity contribution >= 4 is 11.6 Å². The first-order valence-electron chi connectivity index (χ1n) is 4.66. The van der Waals surface area contributed by atoms with Crippen LogP contribution in [0, 0.1) is 13.8 Å². The molecular formula is C11H16ClNO. The molecule has 1 aromatic rings.